The molecule has 0 bridgehead atoms. The van der Waals surface area contributed by atoms with E-state index in [1.165, 1.54) is 0 Å². The first-order valence-electron chi connectivity index (χ1n) is 9.67. The third-order valence-electron chi connectivity index (χ3n) is 4.73. The molecule has 0 unspecified atom stereocenters. The molecule has 1 aliphatic rings. The quantitative estimate of drug-likeness (QED) is 0.526. The average molecular weight is 398 g/mol. The number of benzene rings is 1. The molecule has 1 saturated carbocycles. The maximum atomic E-state index is 12.8. The van der Waals surface area contributed by atoms with Crippen LogP contribution in [0, 0.1) is 0 Å². The van der Waals surface area contributed by atoms with Gasteiger partial charge < -0.3 is 21.9 Å². The van der Waals surface area contributed by atoms with E-state index in [0.717, 1.165) is 12.8 Å². The molecule has 3 atom stereocenters. The normalized spacial score (nSPS) is 23.2. The van der Waals surface area contributed by atoms with Crippen molar-refractivity contribution in [1.82, 2.24) is 5.32 Å². The number of carbonyl (C=O) groups is 2. The van der Waals surface area contributed by atoms with Crippen molar-refractivity contribution in [2.75, 3.05) is 6.54 Å². The number of hydrogen-bond acceptors (Lipinski definition) is 5. The van der Waals surface area contributed by atoms with E-state index in [-0.39, 0.29) is 0 Å². The van der Waals surface area contributed by atoms with Gasteiger partial charge in [-0.05, 0) is 44.7 Å². The number of hydrogen-bond donors (Lipinski definition) is 4. The van der Waals surface area contributed by atoms with Crippen LogP contribution in [0.25, 0.3) is 0 Å². The monoisotopic (exact) mass is 397 g/mol. The summed E-state index contributed by atoms with van der Waals surface area (Å²) in [4.78, 5) is 25.4. The van der Waals surface area contributed by atoms with Crippen LogP contribution in [-0.2, 0) is 15.1 Å². The summed E-state index contributed by atoms with van der Waals surface area (Å²) in [7, 11) is 0. The minimum atomic E-state index is -1.33. The minimum absolute atomic E-state index is 0.377. The average Bonchev–Trinajstić information content (AvgIpc) is 2.67. The molecule has 0 aromatic heterocycles. The van der Waals surface area contributed by atoms with Gasteiger partial charge in [0, 0.05) is 10.6 Å². The molecular weight excluding hydrogens is 366 g/mol. The summed E-state index contributed by atoms with van der Waals surface area (Å²) >= 11 is 6.30. The number of nitrogens with one attached hydrogen (secondary N) is 1. The van der Waals surface area contributed by atoms with Gasteiger partial charge in [-0.25, -0.2) is 0 Å². The summed E-state index contributed by atoms with van der Waals surface area (Å²) in [5.74, 6) is -0.853. The number of Topliss-reactive ketones (excluding diaryl/α,β-unsaturated/α-hetero) is 1. The van der Waals surface area contributed by atoms with E-state index < -0.39 is 29.4 Å². The minimum Gasteiger partial charge on any atom is -0.385 e. The summed E-state index contributed by atoms with van der Waals surface area (Å²) < 4.78 is 0. The van der Waals surface area contributed by atoms with E-state index in [4.69, 9.17) is 23.1 Å². The number of ketones is 1. The Kier molecular flexibility index (Phi) is 9.94. The van der Waals surface area contributed by atoms with Crippen LogP contribution in [0.4, 0.5) is 0 Å². The van der Waals surface area contributed by atoms with Crippen LogP contribution in [0.2, 0.25) is 5.02 Å². The predicted molar refractivity (Wildman–Crippen MR) is 108 cm³/mol. The molecule has 0 heterocycles. The van der Waals surface area contributed by atoms with Crippen LogP contribution in [0.1, 0.15) is 57.9 Å². The zero-order chi connectivity index (χ0) is 20.4. The third kappa shape index (κ3) is 5.75. The fourth-order valence-corrected chi connectivity index (χ4v) is 3.61. The third-order valence-corrected chi connectivity index (χ3v) is 5.06. The summed E-state index contributed by atoms with van der Waals surface area (Å²) in [5, 5.41) is 13.3. The maximum Gasteiger partial charge on any atom is 0.237 e. The highest BCUT2D eigenvalue weighted by atomic mass is 35.5. The highest BCUT2D eigenvalue weighted by molar-refractivity contribution is 6.31. The predicted octanol–water partition coefficient (Wildman–Crippen LogP) is 2.25. The lowest BCUT2D eigenvalue weighted by molar-refractivity contribution is -0.142. The Morgan fingerprint density at radius 3 is 2.67 bits per heavy atom. The van der Waals surface area contributed by atoms with Gasteiger partial charge in [0.05, 0.1) is 6.04 Å². The number of nitrogens with two attached hydrogens (primary N) is 2. The van der Waals surface area contributed by atoms with Crippen molar-refractivity contribution < 1.29 is 14.7 Å². The SMILES string of the molecule is CC.NCCCC[C@H](N)C(=O)N[C@]1(c2ccccc2Cl)CCC[C@H](O)C1=O. The molecule has 0 aliphatic heterocycles. The van der Waals surface area contributed by atoms with Gasteiger partial charge in [0.25, 0.3) is 0 Å². The van der Waals surface area contributed by atoms with Gasteiger partial charge in [0.1, 0.15) is 11.6 Å². The molecule has 6 N–H and O–H groups in total. The first kappa shape index (κ1) is 23.6. The van der Waals surface area contributed by atoms with Crippen LogP contribution >= 0.6 is 11.6 Å². The lowest BCUT2D eigenvalue weighted by Crippen LogP contribution is -2.60. The van der Waals surface area contributed by atoms with Crippen LogP contribution in [-0.4, -0.2) is 35.5 Å². The summed E-state index contributed by atoms with van der Waals surface area (Å²) in [6.45, 7) is 4.54. The van der Waals surface area contributed by atoms with Crippen molar-refractivity contribution >= 4 is 23.3 Å². The number of aliphatic hydroxyl groups is 1. The first-order valence-corrected chi connectivity index (χ1v) is 10.0. The molecule has 0 radical (unpaired) electrons. The Morgan fingerprint density at radius 1 is 1.37 bits per heavy atom. The topological polar surface area (TPSA) is 118 Å². The second-order valence-corrected chi connectivity index (χ2v) is 6.94. The Balaban J connectivity index is 0.00000176. The fraction of sp³-hybridized carbons (Fsp3) is 0.600. The summed E-state index contributed by atoms with van der Waals surface area (Å²) in [6.07, 6.45) is 2.24. The van der Waals surface area contributed by atoms with Crippen molar-refractivity contribution in [1.29, 1.82) is 0 Å². The smallest absolute Gasteiger partial charge is 0.237 e. The zero-order valence-electron chi connectivity index (χ0n) is 16.2. The summed E-state index contributed by atoms with van der Waals surface area (Å²) in [6, 6.07) is 6.14. The van der Waals surface area contributed by atoms with Gasteiger partial charge in [0.15, 0.2) is 5.78 Å². The van der Waals surface area contributed by atoms with Crippen LogP contribution in [0.5, 0.6) is 0 Å². The molecule has 7 heteroatoms. The maximum absolute atomic E-state index is 12.8. The molecule has 1 amide bonds. The molecule has 1 aromatic carbocycles. The molecule has 2 rings (SSSR count). The van der Waals surface area contributed by atoms with E-state index in [1.807, 2.05) is 13.8 Å². The molecule has 27 heavy (non-hydrogen) atoms. The highest BCUT2D eigenvalue weighted by Crippen LogP contribution is 2.38. The number of halogens is 1. The van der Waals surface area contributed by atoms with Gasteiger partial charge in [0.2, 0.25) is 5.91 Å². The van der Waals surface area contributed by atoms with Crippen molar-refractivity contribution in [3.63, 3.8) is 0 Å². The van der Waals surface area contributed by atoms with Gasteiger partial charge in [-0.3, -0.25) is 9.59 Å². The summed E-state index contributed by atoms with van der Waals surface area (Å²) in [5.41, 5.74) is 10.6. The number of carbonyl (C=O) groups excluding carboxylic acids is 2. The molecule has 0 spiro atoms. The zero-order valence-corrected chi connectivity index (χ0v) is 17.0. The number of unbranched alkanes of at least 4 members (excludes halogenated alkanes) is 1. The number of aliphatic hydroxyl groups excluding tert-OH is 1. The standard InChI is InChI=1S/C18H26ClN3O3.C2H6/c19-13-7-2-1-6-12(13)18(10-5-9-15(23)16(18)24)22-17(25)14(21)8-3-4-11-20;1-2/h1-2,6-7,14-15,23H,3-5,8-11,20-21H2,(H,22,25);1-2H3/t14-,15-,18-;/m0./s1. The van der Waals surface area contributed by atoms with Gasteiger partial charge in [-0.1, -0.05) is 50.1 Å². The number of rotatable bonds is 7. The number of amides is 1. The van der Waals surface area contributed by atoms with Crippen molar-refractivity contribution in [3.8, 4) is 0 Å². The Labute approximate surface area is 166 Å². The van der Waals surface area contributed by atoms with Gasteiger partial charge >= 0.3 is 0 Å². The molecule has 0 saturated heterocycles. The van der Waals surface area contributed by atoms with E-state index in [0.29, 0.717) is 42.8 Å². The molecule has 6 nitrogen and oxygen atoms in total. The van der Waals surface area contributed by atoms with Crippen LogP contribution < -0.4 is 16.8 Å². The van der Waals surface area contributed by atoms with Gasteiger partial charge in [-0.15, -0.1) is 0 Å². The van der Waals surface area contributed by atoms with Crippen LogP contribution in [0.3, 0.4) is 0 Å². The van der Waals surface area contributed by atoms with Gasteiger partial charge in [-0.2, -0.15) is 0 Å². The van der Waals surface area contributed by atoms with Crippen molar-refractivity contribution in [2.24, 2.45) is 11.5 Å². The Bertz CT molecular complexity index is 626. The molecule has 1 fully saturated rings. The molecule has 1 aliphatic carbocycles. The van der Waals surface area contributed by atoms with E-state index in [1.54, 1.807) is 24.3 Å². The van der Waals surface area contributed by atoms with Crippen molar-refractivity contribution in [3.05, 3.63) is 34.9 Å². The Morgan fingerprint density at radius 2 is 2.04 bits per heavy atom. The first-order chi connectivity index (χ1) is 12.9. The van der Waals surface area contributed by atoms with E-state index in [9.17, 15) is 14.7 Å². The molecule has 152 valence electrons. The lowest BCUT2D eigenvalue weighted by Gasteiger charge is -2.40. The lowest BCUT2D eigenvalue weighted by atomic mass is 9.74. The fourth-order valence-electron chi connectivity index (χ4n) is 3.31. The second-order valence-electron chi connectivity index (χ2n) is 6.54. The van der Waals surface area contributed by atoms with Crippen molar-refractivity contribution in [2.45, 2.75) is 70.1 Å². The second kappa shape index (κ2) is 11.4. The largest absolute Gasteiger partial charge is 0.385 e. The molecular formula is C20H32ClN3O3. The Hall–Kier alpha value is -1.47. The van der Waals surface area contributed by atoms with E-state index in [2.05, 4.69) is 5.32 Å². The van der Waals surface area contributed by atoms with E-state index >= 15 is 0 Å². The highest BCUT2D eigenvalue weighted by Gasteiger charge is 2.48. The van der Waals surface area contributed by atoms with Crippen LogP contribution in [0.15, 0.2) is 24.3 Å². The molecule has 1 aromatic rings.